The molecule has 0 unspecified atom stereocenters. The molecule has 0 saturated heterocycles. The molecule has 0 aliphatic rings. The first-order valence-corrected chi connectivity index (χ1v) is 4.02. The van der Waals surface area contributed by atoms with Crippen molar-refractivity contribution in [2.75, 3.05) is 6.61 Å². The van der Waals surface area contributed by atoms with Crippen LogP contribution in [0, 0.1) is 0 Å². The Morgan fingerprint density at radius 3 is 3.15 bits per heavy atom. The Morgan fingerprint density at radius 1 is 1.62 bits per heavy atom. The van der Waals surface area contributed by atoms with Crippen molar-refractivity contribution in [3.05, 3.63) is 36.5 Å². The van der Waals surface area contributed by atoms with Crippen molar-refractivity contribution in [1.29, 1.82) is 0 Å². The van der Waals surface area contributed by atoms with Crippen LogP contribution >= 0.6 is 0 Å². The zero-order valence-electron chi connectivity index (χ0n) is 7.27. The minimum absolute atomic E-state index is 0.388. The number of ether oxygens (including phenoxy) is 1. The summed E-state index contributed by atoms with van der Waals surface area (Å²) in [5.41, 5.74) is 0.478. The third-order valence-electron chi connectivity index (χ3n) is 1.49. The molecule has 0 aliphatic heterocycles. The molecule has 0 aliphatic carbocycles. The zero-order valence-corrected chi connectivity index (χ0v) is 7.27. The quantitative estimate of drug-likeness (QED) is 0.391. The third-order valence-corrected chi connectivity index (χ3v) is 1.49. The minimum atomic E-state index is 0.388. The van der Waals surface area contributed by atoms with Crippen LogP contribution in [0.3, 0.4) is 0 Å². The van der Waals surface area contributed by atoms with Crippen molar-refractivity contribution < 1.29 is 9.53 Å². The molecule has 1 rings (SSSR count). The van der Waals surface area contributed by atoms with Gasteiger partial charge in [0.2, 0.25) is 5.88 Å². The highest BCUT2D eigenvalue weighted by atomic mass is 16.5. The minimum Gasteiger partial charge on any atom is -0.477 e. The average molecular weight is 177 g/mol. The van der Waals surface area contributed by atoms with E-state index in [1.54, 1.807) is 24.4 Å². The molecule has 1 heterocycles. The number of carbonyl (C=O) groups excluding carboxylic acids is 1. The van der Waals surface area contributed by atoms with Crippen LogP contribution in [0.15, 0.2) is 31.0 Å². The van der Waals surface area contributed by atoms with E-state index in [4.69, 9.17) is 4.74 Å². The lowest BCUT2D eigenvalue weighted by Crippen LogP contribution is -2.00. The van der Waals surface area contributed by atoms with Gasteiger partial charge >= 0.3 is 0 Å². The molecular weight excluding hydrogens is 166 g/mol. The Morgan fingerprint density at radius 2 is 2.46 bits per heavy atom. The van der Waals surface area contributed by atoms with Gasteiger partial charge in [-0.05, 0) is 18.6 Å². The smallest absolute Gasteiger partial charge is 0.224 e. The topological polar surface area (TPSA) is 39.2 Å². The Labute approximate surface area is 77.1 Å². The van der Waals surface area contributed by atoms with Crippen LogP contribution in [0.1, 0.15) is 16.8 Å². The van der Waals surface area contributed by atoms with Crippen molar-refractivity contribution in [3.8, 4) is 5.88 Å². The lowest BCUT2D eigenvalue weighted by Gasteiger charge is -2.04. The molecule has 68 valence electrons. The van der Waals surface area contributed by atoms with E-state index in [-0.39, 0.29) is 0 Å². The fourth-order valence-corrected chi connectivity index (χ4v) is 0.852. The van der Waals surface area contributed by atoms with Crippen LogP contribution < -0.4 is 4.74 Å². The summed E-state index contributed by atoms with van der Waals surface area (Å²) in [6.07, 6.45) is 4.82. The lowest BCUT2D eigenvalue weighted by atomic mass is 10.3. The number of nitrogens with zero attached hydrogens (tertiary/aromatic N) is 1. The van der Waals surface area contributed by atoms with Gasteiger partial charge in [0, 0.05) is 6.20 Å². The SMILES string of the molecule is C=CCCOc1ncccc1C=O. The van der Waals surface area contributed by atoms with E-state index in [1.807, 2.05) is 0 Å². The molecule has 0 N–H and O–H groups in total. The first-order chi connectivity index (χ1) is 6.38. The molecule has 0 atom stereocenters. The summed E-state index contributed by atoms with van der Waals surface area (Å²) in [7, 11) is 0. The van der Waals surface area contributed by atoms with Crippen molar-refractivity contribution in [3.63, 3.8) is 0 Å². The Kier molecular flexibility index (Phi) is 3.70. The van der Waals surface area contributed by atoms with Gasteiger partial charge < -0.3 is 4.74 Å². The fourth-order valence-electron chi connectivity index (χ4n) is 0.852. The van der Waals surface area contributed by atoms with Gasteiger partial charge in [-0.25, -0.2) is 4.98 Å². The molecule has 13 heavy (non-hydrogen) atoms. The molecule has 1 aromatic heterocycles. The molecule has 0 saturated carbocycles. The van der Waals surface area contributed by atoms with E-state index >= 15 is 0 Å². The highest BCUT2D eigenvalue weighted by Crippen LogP contribution is 2.11. The summed E-state index contributed by atoms with van der Waals surface area (Å²) < 4.78 is 5.25. The van der Waals surface area contributed by atoms with Crippen LogP contribution in [-0.4, -0.2) is 17.9 Å². The standard InChI is InChI=1S/C10H11NO2/c1-2-3-7-13-10-9(8-12)5-4-6-11-10/h2,4-6,8H,1,3,7H2. The second kappa shape index (κ2) is 5.09. The van der Waals surface area contributed by atoms with Gasteiger partial charge in [-0.15, -0.1) is 6.58 Å². The van der Waals surface area contributed by atoms with Crippen LogP contribution in [0.25, 0.3) is 0 Å². The second-order valence-electron chi connectivity index (χ2n) is 2.44. The second-order valence-corrected chi connectivity index (χ2v) is 2.44. The van der Waals surface area contributed by atoms with E-state index in [1.165, 1.54) is 0 Å². The molecule has 3 heteroatoms. The summed E-state index contributed by atoms with van der Waals surface area (Å²) in [5, 5.41) is 0. The molecule has 0 aromatic carbocycles. The molecular formula is C10H11NO2. The first kappa shape index (κ1) is 9.45. The third kappa shape index (κ3) is 2.71. The number of aromatic nitrogens is 1. The van der Waals surface area contributed by atoms with E-state index in [9.17, 15) is 4.79 Å². The Bertz CT molecular complexity index is 297. The highest BCUT2D eigenvalue weighted by molar-refractivity contribution is 5.77. The van der Waals surface area contributed by atoms with E-state index in [0.717, 1.165) is 12.7 Å². The van der Waals surface area contributed by atoms with E-state index in [2.05, 4.69) is 11.6 Å². The first-order valence-electron chi connectivity index (χ1n) is 4.02. The lowest BCUT2D eigenvalue weighted by molar-refractivity contribution is 0.111. The molecule has 0 bridgehead atoms. The summed E-state index contributed by atoms with van der Waals surface area (Å²) in [4.78, 5) is 14.5. The molecule has 0 amide bonds. The number of rotatable bonds is 5. The summed E-state index contributed by atoms with van der Waals surface area (Å²) in [5.74, 6) is 0.388. The van der Waals surface area contributed by atoms with Gasteiger partial charge in [-0.2, -0.15) is 0 Å². The number of aldehydes is 1. The van der Waals surface area contributed by atoms with Crippen LogP contribution in [0.5, 0.6) is 5.88 Å². The van der Waals surface area contributed by atoms with Gasteiger partial charge in [0.05, 0.1) is 12.2 Å². The molecule has 0 radical (unpaired) electrons. The van der Waals surface area contributed by atoms with Gasteiger partial charge in [-0.1, -0.05) is 6.08 Å². The van der Waals surface area contributed by atoms with Gasteiger partial charge in [-0.3, -0.25) is 4.79 Å². The Balaban J connectivity index is 2.63. The zero-order chi connectivity index (χ0) is 9.52. The van der Waals surface area contributed by atoms with Gasteiger partial charge in [0.25, 0.3) is 0 Å². The van der Waals surface area contributed by atoms with E-state index in [0.29, 0.717) is 18.1 Å². The van der Waals surface area contributed by atoms with Crippen LogP contribution in [-0.2, 0) is 0 Å². The van der Waals surface area contributed by atoms with Crippen molar-refractivity contribution in [2.45, 2.75) is 6.42 Å². The van der Waals surface area contributed by atoms with E-state index < -0.39 is 0 Å². The number of pyridine rings is 1. The molecule has 0 fully saturated rings. The maximum Gasteiger partial charge on any atom is 0.224 e. The van der Waals surface area contributed by atoms with Gasteiger partial charge in [0.15, 0.2) is 6.29 Å². The normalized spacial score (nSPS) is 9.23. The largest absolute Gasteiger partial charge is 0.477 e. The number of hydrogen-bond donors (Lipinski definition) is 0. The van der Waals surface area contributed by atoms with Crippen LogP contribution in [0.2, 0.25) is 0 Å². The predicted octanol–water partition coefficient (Wildman–Crippen LogP) is 1.85. The molecule has 1 aromatic rings. The van der Waals surface area contributed by atoms with Crippen molar-refractivity contribution >= 4 is 6.29 Å². The summed E-state index contributed by atoms with van der Waals surface area (Å²) in [6, 6.07) is 3.37. The van der Waals surface area contributed by atoms with Crippen molar-refractivity contribution in [2.24, 2.45) is 0 Å². The maximum atomic E-state index is 10.5. The predicted molar refractivity (Wildman–Crippen MR) is 49.9 cm³/mol. The van der Waals surface area contributed by atoms with Crippen LogP contribution in [0.4, 0.5) is 0 Å². The highest BCUT2D eigenvalue weighted by Gasteiger charge is 2.01. The number of carbonyl (C=O) groups is 1. The fraction of sp³-hybridized carbons (Fsp3) is 0.200. The van der Waals surface area contributed by atoms with Gasteiger partial charge in [0.1, 0.15) is 0 Å². The summed E-state index contributed by atoms with van der Waals surface area (Å²) in [6.45, 7) is 4.07. The number of hydrogen-bond acceptors (Lipinski definition) is 3. The molecule has 0 spiro atoms. The Hall–Kier alpha value is -1.64. The average Bonchev–Trinajstić information content (AvgIpc) is 2.19. The maximum absolute atomic E-state index is 10.5. The summed E-state index contributed by atoms with van der Waals surface area (Å²) >= 11 is 0. The van der Waals surface area contributed by atoms with Crippen molar-refractivity contribution in [1.82, 2.24) is 4.98 Å². The molecule has 3 nitrogen and oxygen atoms in total. The monoisotopic (exact) mass is 177 g/mol.